The Kier molecular flexibility index (Phi) is 4.89. The Morgan fingerprint density at radius 2 is 1.85 bits per heavy atom. The Labute approximate surface area is 125 Å². The molecule has 1 aliphatic carbocycles. The molecule has 1 heterocycles. The molecule has 0 radical (unpaired) electrons. The van der Waals surface area contributed by atoms with Crippen molar-refractivity contribution >= 4 is 30.2 Å². The normalized spacial score (nSPS) is 31.2. The lowest BCUT2D eigenvalue weighted by Crippen LogP contribution is -2.37. The number of carbonyl (C=O) groups excluding carboxylic acids is 3. The number of hydrogen-bond donors (Lipinski definition) is 1. The van der Waals surface area contributed by atoms with Gasteiger partial charge in [-0.25, -0.2) is 0 Å². The molecule has 2 rings (SSSR count). The number of ketones is 1. The molecule has 2 fully saturated rings. The van der Waals surface area contributed by atoms with Crippen molar-refractivity contribution in [2.75, 3.05) is 6.54 Å². The molecule has 112 valence electrons. The SMILES string of the molecule is CC(C)C(=O)C1CCC(CN2C(=O)CC(S)C2=O)CC1. The van der Waals surface area contributed by atoms with Gasteiger partial charge in [-0.2, -0.15) is 12.6 Å². The van der Waals surface area contributed by atoms with Gasteiger partial charge in [0.15, 0.2) is 0 Å². The molecular formula is C15H23NO3S. The summed E-state index contributed by atoms with van der Waals surface area (Å²) in [6, 6.07) is 0. The van der Waals surface area contributed by atoms with Crippen molar-refractivity contribution in [2.24, 2.45) is 17.8 Å². The van der Waals surface area contributed by atoms with Crippen molar-refractivity contribution in [3.8, 4) is 0 Å². The molecular weight excluding hydrogens is 274 g/mol. The van der Waals surface area contributed by atoms with Gasteiger partial charge < -0.3 is 0 Å². The zero-order valence-electron chi connectivity index (χ0n) is 12.2. The number of likely N-dealkylation sites (tertiary alicyclic amines) is 1. The van der Waals surface area contributed by atoms with Crippen LogP contribution in [0, 0.1) is 17.8 Å². The van der Waals surface area contributed by atoms with Crippen LogP contribution in [0.2, 0.25) is 0 Å². The van der Waals surface area contributed by atoms with Crippen LogP contribution in [0.1, 0.15) is 46.0 Å². The summed E-state index contributed by atoms with van der Waals surface area (Å²) in [6.45, 7) is 4.41. The number of carbonyl (C=O) groups is 3. The maximum absolute atomic E-state index is 12.0. The van der Waals surface area contributed by atoms with E-state index in [2.05, 4.69) is 12.6 Å². The van der Waals surface area contributed by atoms with Crippen LogP contribution in [0.15, 0.2) is 0 Å². The lowest BCUT2D eigenvalue weighted by atomic mass is 9.77. The molecule has 1 unspecified atom stereocenters. The standard InChI is InChI=1S/C15H23NO3S/c1-9(2)14(18)11-5-3-10(4-6-11)8-16-13(17)7-12(20)15(16)19/h9-12,20H,3-8H2,1-2H3. The number of imide groups is 1. The topological polar surface area (TPSA) is 54.5 Å². The molecule has 0 spiro atoms. The van der Waals surface area contributed by atoms with E-state index in [1.54, 1.807) is 0 Å². The molecule has 0 bridgehead atoms. The van der Waals surface area contributed by atoms with E-state index < -0.39 is 5.25 Å². The van der Waals surface area contributed by atoms with Gasteiger partial charge in [-0.3, -0.25) is 19.3 Å². The van der Waals surface area contributed by atoms with Gasteiger partial charge in [-0.1, -0.05) is 13.8 Å². The quantitative estimate of drug-likeness (QED) is 0.638. The Morgan fingerprint density at radius 3 is 2.30 bits per heavy atom. The molecule has 1 saturated heterocycles. The van der Waals surface area contributed by atoms with E-state index in [9.17, 15) is 14.4 Å². The summed E-state index contributed by atoms with van der Waals surface area (Å²) >= 11 is 4.13. The van der Waals surface area contributed by atoms with Crippen LogP contribution < -0.4 is 0 Å². The second-order valence-electron chi connectivity index (χ2n) is 6.34. The number of Topliss-reactive ketones (excluding diaryl/α,β-unsaturated/α-hetero) is 1. The van der Waals surface area contributed by atoms with E-state index in [4.69, 9.17) is 0 Å². The first-order chi connectivity index (χ1) is 9.40. The molecule has 0 aromatic carbocycles. The fourth-order valence-electron chi connectivity index (χ4n) is 3.22. The summed E-state index contributed by atoms with van der Waals surface area (Å²) in [4.78, 5) is 36.9. The minimum atomic E-state index is -0.457. The zero-order valence-corrected chi connectivity index (χ0v) is 13.1. The molecule has 0 aromatic rings. The first-order valence-corrected chi connectivity index (χ1v) is 7.97. The molecule has 2 aliphatic rings. The van der Waals surface area contributed by atoms with Crippen LogP contribution >= 0.6 is 12.6 Å². The van der Waals surface area contributed by atoms with Crippen LogP contribution in [0.4, 0.5) is 0 Å². The summed E-state index contributed by atoms with van der Waals surface area (Å²) in [7, 11) is 0. The average Bonchev–Trinajstić information content (AvgIpc) is 2.65. The molecule has 0 N–H and O–H groups in total. The molecule has 20 heavy (non-hydrogen) atoms. The van der Waals surface area contributed by atoms with Crippen molar-refractivity contribution in [1.29, 1.82) is 0 Å². The maximum atomic E-state index is 12.0. The molecule has 4 nitrogen and oxygen atoms in total. The summed E-state index contributed by atoms with van der Waals surface area (Å²) in [5.74, 6) is 0.719. The molecule has 1 atom stereocenters. The highest BCUT2D eigenvalue weighted by molar-refractivity contribution is 7.81. The Morgan fingerprint density at radius 1 is 1.25 bits per heavy atom. The van der Waals surface area contributed by atoms with Gasteiger partial charge in [-0.15, -0.1) is 0 Å². The Hall–Kier alpha value is -0.840. The monoisotopic (exact) mass is 297 g/mol. The third-order valence-electron chi connectivity index (χ3n) is 4.48. The minimum Gasteiger partial charge on any atom is -0.299 e. The second-order valence-corrected chi connectivity index (χ2v) is 6.96. The van der Waals surface area contributed by atoms with Crippen LogP contribution in [0.3, 0.4) is 0 Å². The van der Waals surface area contributed by atoms with Crippen molar-refractivity contribution in [3.05, 3.63) is 0 Å². The smallest absolute Gasteiger partial charge is 0.242 e. The largest absolute Gasteiger partial charge is 0.299 e. The van der Waals surface area contributed by atoms with Gasteiger partial charge in [0, 0.05) is 24.8 Å². The minimum absolute atomic E-state index is 0.100. The molecule has 5 heteroatoms. The van der Waals surface area contributed by atoms with Crippen LogP contribution in [0.25, 0.3) is 0 Å². The first-order valence-electron chi connectivity index (χ1n) is 7.46. The van der Waals surface area contributed by atoms with Gasteiger partial charge in [-0.05, 0) is 31.6 Å². The third-order valence-corrected chi connectivity index (χ3v) is 4.88. The fraction of sp³-hybridized carbons (Fsp3) is 0.800. The maximum Gasteiger partial charge on any atom is 0.242 e. The van der Waals surface area contributed by atoms with E-state index in [-0.39, 0.29) is 30.1 Å². The first kappa shape index (κ1) is 15.5. The summed E-state index contributed by atoms with van der Waals surface area (Å²) < 4.78 is 0. The predicted molar refractivity (Wildman–Crippen MR) is 79.4 cm³/mol. The van der Waals surface area contributed by atoms with Crippen LogP contribution in [-0.4, -0.2) is 34.3 Å². The predicted octanol–water partition coefficient (Wildman–Crippen LogP) is 2.08. The van der Waals surface area contributed by atoms with Crippen LogP contribution in [0.5, 0.6) is 0 Å². The summed E-state index contributed by atoms with van der Waals surface area (Å²) in [5.41, 5.74) is 0. The van der Waals surface area contributed by atoms with Crippen LogP contribution in [-0.2, 0) is 14.4 Å². The highest BCUT2D eigenvalue weighted by Gasteiger charge is 2.38. The van der Waals surface area contributed by atoms with Crippen molar-refractivity contribution in [3.63, 3.8) is 0 Å². The highest BCUT2D eigenvalue weighted by atomic mass is 32.1. The third kappa shape index (κ3) is 3.25. The number of hydrogen-bond acceptors (Lipinski definition) is 4. The van der Waals surface area contributed by atoms with Gasteiger partial charge in [0.05, 0.1) is 5.25 Å². The number of amides is 2. The summed E-state index contributed by atoms with van der Waals surface area (Å²) in [6.07, 6.45) is 3.86. The van der Waals surface area contributed by atoms with Crippen molar-refractivity contribution in [1.82, 2.24) is 4.90 Å². The van der Waals surface area contributed by atoms with E-state index in [1.807, 2.05) is 13.8 Å². The lowest BCUT2D eigenvalue weighted by molar-refractivity contribution is -0.139. The second kappa shape index (κ2) is 6.29. The number of thiol groups is 1. The lowest BCUT2D eigenvalue weighted by Gasteiger charge is -2.30. The van der Waals surface area contributed by atoms with Crippen molar-refractivity contribution < 1.29 is 14.4 Å². The molecule has 1 saturated carbocycles. The molecule has 0 aromatic heterocycles. The summed E-state index contributed by atoms with van der Waals surface area (Å²) in [5, 5.41) is -0.457. The van der Waals surface area contributed by atoms with Gasteiger partial charge >= 0.3 is 0 Å². The molecule has 2 amide bonds. The Bertz CT molecular complexity index is 413. The fourth-order valence-corrected chi connectivity index (χ4v) is 3.51. The number of nitrogens with zero attached hydrogens (tertiary/aromatic N) is 1. The zero-order chi connectivity index (χ0) is 14.9. The van der Waals surface area contributed by atoms with E-state index in [0.29, 0.717) is 18.2 Å². The van der Waals surface area contributed by atoms with Crippen molar-refractivity contribution in [2.45, 2.75) is 51.2 Å². The van der Waals surface area contributed by atoms with Gasteiger partial charge in [0.2, 0.25) is 11.8 Å². The molecule has 1 aliphatic heterocycles. The average molecular weight is 297 g/mol. The Balaban J connectivity index is 1.84. The van der Waals surface area contributed by atoms with Gasteiger partial charge in [0.1, 0.15) is 5.78 Å². The van der Waals surface area contributed by atoms with E-state index in [0.717, 1.165) is 25.7 Å². The van der Waals surface area contributed by atoms with Gasteiger partial charge in [0.25, 0.3) is 0 Å². The van der Waals surface area contributed by atoms with E-state index in [1.165, 1.54) is 4.90 Å². The highest BCUT2D eigenvalue weighted by Crippen LogP contribution is 2.32. The van der Waals surface area contributed by atoms with E-state index >= 15 is 0 Å². The number of rotatable bonds is 4.